The summed E-state index contributed by atoms with van der Waals surface area (Å²) in [6.07, 6.45) is 0. The summed E-state index contributed by atoms with van der Waals surface area (Å²) < 4.78 is 5.97. The van der Waals surface area contributed by atoms with E-state index in [-0.39, 0.29) is 12.4 Å². The van der Waals surface area contributed by atoms with Gasteiger partial charge in [-0.1, -0.05) is 9.03 Å². The van der Waals surface area contributed by atoms with Gasteiger partial charge in [0.2, 0.25) is 0 Å². The van der Waals surface area contributed by atoms with Crippen LogP contribution < -0.4 is 0 Å². The van der Waals surface area contributed by atoms with Crippen molar-refractivity contribution < 1.29 is 0 Å². The number of halogens is 1. The van der Waals surface area contributed by atoms with Crippen molar-refractivity contribution in [2.75, 3.05) is 14.1 Å². The van der Waals surface area contributed by atoms with Gasteiger partial charge in [-0.2, -0.15) is 0 Å². The molecule has 0 aromatic rings. The Kier molecular flexibility index (Phi) is 10.7. The van der Waals surface area contributed by atoms with E-state index < -0.39 is 0 Å². The van der Waals surface area contributed by atoms with Gasteiger partial charge in [-0.3, -0.25) is 9.19 Å². The minimum atomic E-state index is 0. The van der Waals surface area contributed by atoms with Gasteiger partial charge in [0.15, 0.2) is 0 Å². The third-order valence-electron chi connectivity index (χ3n) is 0.271. The second-order valence-electron chi connectivity index (χ2n) is 1.15. The predicted molar refractivity (Wildman–Crippen MR) is 42.8 cm³/mol. The molecule has 0 amide bonds. The molecule has 0 aliphatic heterocycles. The average Bonchev–Trinajstić information content (AvgIpc) is 1.35. The van der Waals surface area contributed by atoms with E-state index in [9.17, 15) is 0 Å². The van der Waals surface area contributed by atoms with Gasteiger partial charge < -0.3 is 0 Å². The van der Waals surface area contributed by atoms with Crippen LogP contribution in [0.4, 0.5) is 0 Å². The van der Waals surface area contributed by atoms with Crippen LogP contribution in [-0.4, -0.2) is 18.8 Å². The third-order valence-corrected chi connectivity index (χ3v) is 1.24. The Labute approximate surface area is 54.3 Å². The minimum absolute atomic E-state index is 0. The molecule has 5 heteroatoms. The highest BCUT2D eigenvalue weighted by Crippen LogP contribution is 2.13. The zero-order valence-electron chi connectivity index (χ0n) is 4.51. The first kappa shape index (κ1) is 10.8. The highest BCUT2D eigenvalue weighted by atomic mass is 35.5. The Morgan fingerprint density at radius 3 is 2.00 bits per heavy atom. The molecule has 0 bridgehead atoms. The van der Waals surface area contributed by atoms with Gasteiger partial charge in [0.25, 0.3) is 0 Å². The van der Waals surface area contributed by atoms with Crippen LogP contribution in [0.15, 0.2) is 4.52 Å². The van der Waals surface area contributed by atoms with Crippen LogP contribution in [0, 0.1) is 0 Å². The van der Waals surface area contributed by atoms with Gasteiger partial charge in [0.05, 0.1) is 8.88 Å². The lowest BCUT2D eigenvalue weighted by atomic mass is 11.3. The van der Waals surface area contributed by atoms with Crippen LogP contribution in [0.25, 0.3) is 0 Å². The summed E-state index contributed by atoms with van der Waals surface area (Å²) in [7, 11) is 6.31. The lowest BCUT2D eigenvalue weighted by Gasteiger charge is -2.00. The fraction of sp³-hybridized carbons (Fsp3) is 1.00. The Bertz CT molecular complexity index is 49.0. The smallest absolute Gasteiger partial charge is 0.0710 e. The molecular weight excluding hydrogens is 149 g/mol. The molecule has 46 valence electrons. The molecule has 7 heavy (non-hydrogen) atoms. The van der Waals surface area contributed by atoms with Crippen LogP contribution in [0.2, 0.25) is 0 Å². The first-order valence-corrected chi connectivity index (χ1v) is 3.18. The fourth-order valence-electron chi connectivity index (χ4n) is 0.141. The number of rotatable bonds is 2. The van der Waals surface area contributed by atoms with Crippen LogP contribution in [-0.2, 0) is 0 Å². The van der Waals surface area contributed by atoms with Crippen molar-refractivity contribution in [3.05, 3.63) is 0 Å². The van der Waals surface area contributed by atoms with Crippen molar-refractivity contribution in [2.24, 2.45) is 4.52 Å². The summed E-state index contributed by atoms with van der Waals surface area (Å²) in [5.41, 5.74) is 0. The molecular formula is C2H11ClN2P2. The molecule has 0 aliphatic carbocycles. The SMILES string of the molecule is CN(C)PN=[PH3].Cl. The highest BCUT2D eigenvalue weighted by Gasteiger charge is 1.76. The molecule has 0 saturated carbocycles. The van der Waals surface area contributed by atoms with Crippen molar-refractivity contribution in [3.8, 4) is 0 Å². The molecule has 0 rings (SSSR count). The maximum atomic E-state index is 3.92. The lowest BCUT2D eigenvalue weighted by Crippen LogP contribution is -1.92. The molecule has 0 spiro atoms. The molecule has 2 nitrogen and oxygen atoms in total. The first-order chi connectivity index (χ1) is 2.77. The molecule has 0 aromatic carbocycles. The molecule has 0 aliphatic rings. The van der Waals surface area contributed by atoms with Crippen LogP contribution in [0.5, 0.6) is 0 Å². The Hall–Kier alpha value is 0.910. The van der Waals surface area contributed by atoms with Crippen LogP contribution in [0.1, 0.15) is 0 Å². The number of hydrogen-bond acceptors (Lipinski definition) is 2. The summed E-state index contributed by atoms with van der Waals surface area (Å²) in [4.78, 5) is 0. The number of hydrogen-bond donors (Lipinski definition) is 0. The second kappa shape index (κ2) is 6.91. The van der Waals surface area contributed by atoms with Crippen molar-refractivity contribution in [1.82, 2.24) is 4.67 Å². The maximum Gasteiger partial charge on any atom is 0.0710 e. The van der Waals surface area contributed by atoms with Crippen molar-refractivity contribution >= 4 is 30.3 Å². The van der Waals surface area contributed by atoms with Crippen LogP contribution in [0.3, 0.4) is 0 Å². The predicted octanol–water partition coefficient (Wildman–Crippen LogP) is 1.27. The quantitative estimate of drug-likeness (QED) is 0.556. The number of nitrogens with zero attached hydrogens (tertiary/aromatic N) is 2. The van der Waals surface area contributed by atoms with Gasteiger partial charge >= 0.3 is 0 Å². The van der Waals surface area contributed by atoms with E-state index in [1.807, 2.05) is 18.8 Å². The van der Waals surface area contributed by atoms with Gasteiger partial charge in [-0.05, 0) is 14.1 Å². The molecule has 0 N–H and O–H groups in total. The Morgan fingerprint density at radius 1 is 1.57 bits per heavy atom. The van der Waals surface area contributed by atoms with Crippen LogP contribution >= 0.6 is 30.3 Å². The van der Waals surface area contributed by atoms with E-state index >= 15 is 0 Å². The lowest BCUT2D eigenvalue weighted by molar-refractivity contribution is 0.692. The van der Waals surface area contributed by atoms with Gasteiger partial charge in [0, 0.05) is 0 Å². The van der Waals surface area contributed by atoms with Gasteiger partial charge in [-0.25, -0.2) is 0 Å². The third kappa shape index (κ3) is 10.9. The molecule has 0 heterocycles. The molecule has 0 radical (unpaired) electrons. The molecule has 2 atom stereocenters. The zero-order valence-corrected chi connectivity index (χ0v) is 7.74. The minimum Gasteiger partial charge on any atom is -0.276 e. The summed E-state index contributed by atoms with van der Waals surface area (Å²) in [5, 5.41) is 0. The summed E-state index contributed by atoms with van der Waals surface area (Å²) in [5.74, 6) is 0. The molecule has 0 fully saturated rings. The van der Waals surface area contributed by atoms with E-state index in [0.29, 0.717) is 8.88 Å². The van der Waals surface area contributed by atoms with Crippen molar-refractivity contribution in [2.45, 2.75) is 0 Å². The largest absolute Gasteiger partial charge is 0.276 e. The van der Waals surface area contributed by atoms with Gasteiger partial charge in [-0.15, -0.1) is 12.4 Å². The average molecular weight is 161 g/mol. The van der Waals surface area contributed by atoms with E-state index in [4.69, 9.17) is 0 Å². The molecule has 0 aromatic heterocycles. The second-order valence-corrected chi connectivity index (χ2v) is 3.51. The summed E-state index contributed by atoms with van der Waals surface area (Å²) >= 11 is 0. The van der Waals surface area contributed by atoms with E-state index in [1.54, 1.807) is 9.03 Å². The summed E-state index contributed by atoms with van der Waals surface area (Å²) in [6, 6.07) is 0. The normalized spacial score (nSPS) is 10.1. The zero-order chi connectivity index (χ0) is 4.99. The summed E-state index contributed by atoms with van der Waals surface area (Å²) in [6.45, 7) is 0. The topological polar surface area (TPSA) is 15.6 Å². The van der Waals surface area contributed by atoms with E-state index in [2.05, 4.69) is 4.52 Å². The van der Waals surface area contributed by atoms with E-state index in [1.165, 1.54) is 0 Å². The molecule has 2 unspecified atom stereocenters. The highest BCUT2D eigenvalue weighted by molar-refractivity contribution is 7.38. The Morgan fingerprint density at radius 2 is 2.00 bits per heavy atom. The van der Waals surface area contributed by atoms with Crippen molar-refractivity contribution in [1.29, 1.82) is 0 Å². The standard InChI is InChI=1S/C2H10N2P2.ClH/c1-4(2)6-3-5;/h6H,1-2,5H3;1H. The fourth-order valence-corrected chi connectivity index (χ4v) is 1.27. The van der Waals surface area contributed by atoms with E-state index in [0.717, 1.165) is 0 Å². The maximum absolute atomic E-state index is 3.92. The van der Waals surface area contributed by atoms with Crippen molar-refractivity contribution in [3.63, 3.8) is 0 Å². The van der Waals surface area contributed by atoms with Gasteiger partial charge in [0.1, 0.15) is 0 Å². The Balaban J connectivity index is 0. The first-order valence-electron chi connectivity index (χ1n) is 1.66. The monoisotopic (exact) mass is 160 g/mol. The molecule has 0 saturated heterocycles.